The molecule has 1 amide bonds. The number of ether oxygens (including phenoxy) is 1. The summed E-state index contributed by atoms with van der Waals surface area (Å²) >= 11 is 0. The third kappa shape index (κ3) is 5.64. The first kappa shape index (κ1) is 20.1. The van der Waals surface area contributed by atoms with Crippen molar-refractivity contribution in [3.63, 3.8) is 0 Å². The number of benzene rings is 2. The van der Waals surface area contributed by atoms with Gasteiger partial charge in [0.25, 0.3) is 11.6 Å². The maximum Gasteiger partial charge on any atom is 0.280 e. The Labute approximate surface area is 158 Å². The van der Waals surface area contributed by atoms with E-state index in [9.17, 15) is 14.9 Å². The van der Waals surface area contributed by atoms with Crippen LogP contribution in [0.4, 0.5) is 5.69 Å². The molecule has 2 rings (SSSR count). The van der Waals surface area contributed by atoms with E-state index in [2.05, 4.69) is 24.4 Å². The molecule has 0 heterocycles. The number of amides is 1. The lowest BCUT2D eigenvalue weighted by Gasteiger charge is -2.16. The van der Waals surface area contributed by atoms with Crippen molar-refractivity contribution >= 4 is 17.8 Å². The summed E-state index contributed by atoms with van der Waals surface area (Å²) in [5.74, 6) is 0.606. The highest BCUT2D eigenvalue weighted by atomic mass is 16.6. The zero-order valence-corrected chi connectivity index (χ0v) is 15.8. The standard InChI is InChI=1S/C20H23N3O4/c1-13(2)17-9-8-14(3)19(11-17)27-15(4)20(24)22-21-12-16-6-5-7-18(10-16)23(25)26/h5-13,15H,1-4H3,(H,22,24)/b21-12-. The molecule has 0 bridgehead atoms. The van der Waals surface area contributed by atoms with Gasteiger partial charge in [0, 0.05) is 17.7 Å². The summed E-state index contributed by atoms with van der Waals surface area (Å²) in [6, 6.07) is 11.9. The van der Waals surface area contributed by atoms with Crippen LogP contribution in [0.1, 0.15) is 43.4 Å². The fraction of sp³-hybridized carbons (Fsp3) is 0.300. The number of nitro benzene ring substituents is 1. The molecule has 0 aromatic heterocycles. The number of nitrogens with zero attached hydrogens (tertiary/aromatic N) is 2. The van der Waals surface area contributed by atoms with E-state index in [0.29, 0.717) is 17.2 Å². The minimum Gasteiger partial charge on any atom is -0.481 e. The first-order chi connectivity index (χ1) is 12.8. The average Bonchev–Trinajstić information content (AvgIpc) is 2.63. The number of nitro groups is 1. The highest BCUT2D eigenvalue weighted by Crippen LogP contribution is 2.25. The van der Waals surface area contributed by atoms with Crippen molar-refractivity contribution in [3.8, 4) is 5.75 Å². The Morgan fingerprint density at radius 3 is 2.63 bits per heavy atom. The zero-order valence-electron chi connectivity index (χ0n) is 15.8. The molecular formula is C20H23N3O4. The van der Waals surface area contributed by atoms with Crippen LogP contribution in [-0.4, -0.2) is 23.1 Å². The van der Waals surface area contributed by atoms with Gasteiger partial charge < -0.3 is 4.74 Å². The van der Waals surface area contributed by atoms with Crippen molar-refractivity contribution in [2.45, 2.75) is 39.7 Å². The summed E-state index contributed by atoms with van der Waals surface area (Å²) in [4.78, 5) is 22.5. The summed E-state index contributed by atoms with van der Waals surface area (Å²) in [6.45, 7) is 7.74. The Hall–Kier alpha value is -3.22. The predicted molar refractivity (Wildman–Crippen MR) is 104 cm³/mol. The Bertz CT molecular complexity index is 862. The van der Waals surface area contributed by atoms with Gasteiger partial charge in [0.2, 0.25) is 0 Å². The highest BCUT2D eigenvalue weighted by molar-refractivity contribution is 5.84. The molecule has 7 heteroatoms. The van der Waals surface area contributed by atoms with Gasteiger partial charge in [-0.05, 0) is 37.0 Å². The molecule has 0 spiro atoms. The van der Waals surface area contributed by atoms with Crippen LogP contribution in [0.25, 0.3) is 0 Å². The van der Waals surface area contributed by atoms with Crippen molar-refractivity contribution in [1.29, 1.82) is 0 Å². The molecule has 2 aromatic rings. The molecule has 0 saturated carbocycles. The smallest absolute Gasteiger partial charge is 0.280 e. The van der Waals surface area contributed by atoms with Crippen molar-refractivity contribution < 1.29 is 14.5 Å². The van der Waals surface area contributed by atoms with Crippen LogP contribution in [0, 0.1) is 17.0 Å². The minimum absolute atomic E-state index is 0.0394. The Kier molecular flexibility index (Phi) is 6.65. The van der Waals surface area contributed by atoms with Crippen LogP contribution in [0.3, 0.4) is 0 Å². The van der Waals surface area contributed by atoms with Crippen LogP contribution in [0.15, 0.2) is 47.6 Å². The number of rotatable bonds is 7. The third-order valence-electron chi connectivity index (χ3n) is 4.02. The summed E-state index contributed by atoms with van der Waals surface area (Å²) in [5.41, 5.74) is 4.94. The first-order valence-electron chi connectivity index (χ1n) is 8.62. The van der Waals surface area contributed by atoms with Gasteiger partial charge in [0.1, 0.15) is 5.75 Å². The molecule has 7 nitrogen and oxygen atoms in total. The number of hydrogen-bond acceptors (Lipinski definition) is 5. The average molecular weight is 369 g/mol. The zero-order chi connectivity index (χ0) is 20.0. The van der Waals surface area contributed by atoms with Crippen molar-refractivity contribution in [3.05, 3.63) is 69.3 Å². The second-order valence-corrected chi connectivity index (χ2v) is 6.53. The van der Waals surface area contributed by atoms with Crippen molar-refractivity contribution in [2.75, 3.05) is 0 Å². The molecular weight excluding hydrogens is 346 g/mol. The number of carbonyl (C=O) groups excluding carboxylic acids is 1. The van der Waals surface area contributed by atoms with E-state index >= 15 is 0 Å². The topological polar surface area (TPSA) is 93.8 Å². The van der Waals surface area contributed by atoms with Crippen LogP contribution < -0.4 is 10.2 Å². The summed E-state index contributed by atoms with van der Waals surface area (Å²) in [7, 11) is 0. The van der Waals surface area contributed by atoms with Crippen LogP contribution in [-0.2, 0) is 4.79 Å². The Morgan fingerprint density at radius 1 is 1.22 bits per heavy atom. The molecule has 1 atom stereocenters. The maximum atomic E-state index is 12.2. The van der Waals surface area contributed by atoms with Gasteiger partial charge in [-0.2, -0.15) is 5.10 Å². The van der Waals surface area contributed by atoms with Crippen LogP contribution in [0.5, 0.6) is 5.75 Å². The second kappa shape index (κ2) is 8.93. The SMILES string of the molecule is Cc1ccc(C(C)C)cc1OC(C)C(=O)N/N=C\c1cccc([N+](=O)[O-])c1. The van der Waals surface area contributed by atoms with Crippen LogP contribution in [0.2, 0.25) is 0 Å². The molecule has 1 N–H and O–H groups in total. The maximum absolute atomic E-state index is 12.2. The summed E-state index contributed by atoms with van der Waals surface area (Å²) in [6.07, 6.45) is 0.607. The fourth-order valence-corrected chi connectivity index (χ4v) is 2.33. The third-order valence-corrected chi connectivity index (χ3v) is 4.02. The molecule has 27 heavy (non-hydrogen) atoms. The van der Waals surface area contributed by atoms with E-state index in [0.717, 1.165) is 11.1 Å². The lowest BCUT2D eigenvalue weighted by Crippen LogP contribution is -2.33. The number of nitrogens with one attached hydrogen (secondary N) is 1. The van der Waals surface area contributed by atoms with E-state index in [-0.39, 0.29) is 5.69 Å². The monoisotopic (exact) mass is 369 g/mol. The number of carbonyl (C=O) groups is 1. The van der Waals surface area contributed by atoms with Gasteiger partial charge in [0.15, 0.2) is 6.10 Å². The molecule has 142 valence electrons. The summed E-state index contributed by atoms with van der Waals surface area (Å²) < 4.78 is 5.78. The fourth-order valence-electron chi connectivity index (χ4n) is 2.33. The molecule has 0 radical (unpaired) electrons. The van der Waals surface area contributed by atoms with Gasteiger partial charge in [-0.1, -0.05) is 38.1 Å². The molecule has 0 aliphatic heterocycles. The largest absolute Gasteiger partial charge is 0.481 e. The van der Waals surface area contributed by atoms with Gasteiger partial charge in [-0.15, -0.1) is 0 Å². The molecule has 2 aromatic carbocycles. The van der Waals surface area contributed by atoms with Gasteiger partial charge in [0.05, 0.1) is 11.1 Å². The Morgan fingerprint density at radius 2 is 1.96 bits per heavy atom. The number of aryl methyl sites for hydroxylation is 1. The second-order valence-electron chi connectivity index (χ2n) is 6.53. The van der Waals surface area contributed by atoms with E-state index in [1.165, 1.54) is 18.3 Å². The normalized spacial score (nSPS) is 12.2. The minimum atomic E-state index is -0.742. The van der Waals surface area contributed by atoms with Gasteiger partial charge in [-0.25, -0.2) is 5.43 Å². The molecule has 0 aliphatic carbocycles. The lowest BCUT2D eigenvalue weighted by atomic mass is 10.0. The molecule has 1 unspecified atom stereocenters. The molecule has 0 aliphatic rings. The highest BCUT2D eigenvalue weighted by Gasteiger charge is 2.16. The van der Waals surface area contributed by atoms with Gasteiger partial charge >= 0.3 is 0 Å². The first-order valence-corrected chi connectivity index (χ1v) is 8.62. The van der Waals surface area contributed by atoms with E-state index in [1.54, 1.807) is 19.1 Å². The molecule has 0 fully saturated rings. The number of hydrogen-bond donors (Lipinski definition) is 1. The quantitative estimate of drug-likeness (QED) is 0.454. The van der Waals surface area contributed by atoms with Crippen molar-refractivity contribution in [1.82, 2.24) is 5.43 Å². The van der Waals surface area contributed by atoms with E-state index < -0.39 is 16.9 Å². The van der Waals surface area contributed by atoms with Crippen molar-refractivity contribution in [2.24, 2.45) is 5.10 Å². The molecule has 0 saturated heterocycles. The Balaban J connectivity index is 1.99. The summed E-state index contributed by atoms with van der Waals surface area (Å²) in [5, 5.41) is 14.6. The van der Waals surface area contributed by atoms with Gasteiger partial charge in [-0.3, -0.25) is 14.9 Å². The van der Waals surface area contributed by atoms with E-state index in [4.69, 9.17) is 4.74 Å². The van der Waals surface area contributed by atoms with E-state index in [1.807, 2.05) is 25.1 Å². The number of non-ortho nitro benzene ring substituents is 1. The predicted octanol–water partition coefficient (Wildman–Crippen LogP) is 3.94. The number of hydrazone groups is 1. The van der Waals surface area contributed by atoms with Crippen LogP contribution >= 0.6 is 0 Å². The lowest BCUT2D eigenvalue weighted by molar-refractivity contribution is -0.384.